The maximum absolute atomic E-state index is 13.3. The number of ketones is 1. The van der Waals surface area contributed by atoms with Crippen LogP contribution in [0.5, 0.6) is 0 Å². The zero-order valence-corrected chi connectivity index (χ0v) is 16.2. The number of rotatable bonds is 4. The van der Waals surface area contributed by atoms with Gasteiger partial charge in [-0.25, -0.2) is 12.7 Å². The molecule has 0 N–H and O–H groups in total. The molecule has 0 amide bonds. The first-order chi connectivity index (χ1) is 12.4. The van der Waals surface area contributed by atoms with Crippen LogP contribution in [0.3, 0.4) is 0 Å². The van der Waals surface area contributed by atoms with Crippen molar-refractivity contribution in [2.45, 2.75) is 44.8 Å². The second-order valence-electron chi connectivity index (χ2n) is 7.77. The monoisotopic (exact) mass is 371 g/mol. The van der Waals surface area contributed by atoms with Gasteiger partial charge in [0.25, 0.3) is 0 Å². The Morgan fingerprint density at radius 2 is 1.85 bits per heavy atom. The van der Waals surface area contributed by atoms with Crippen LogP contribution in [0.1, 0.15) is 48.2 Å². The Bertz CT molecular complexity index is 968. The van der Waals surface area contributed by atoms with E-state index in [0.717, 1.165) is 36.6 Å². The Balaban J connectivity index is 1.68. The van der Waals surface area contributed by atoms with Crippen LogP contribution < -0.4 is 0 Å². The fourth-order valence-electron chi connectivity index (χ4n) is 4.37. The highest BCUT2D eigenvalue weighted by Crippen LogP contribution is 2.34. The molecule has 0 aromatic heterocycles. The lowest BCUT2D eigenvalue weighted by Crippen LogP contribution is -2.45. The molecule has 2 aromatic carbocycles. The van der Waals surface area contributed by atoms with Gasteiger partial charge in [0.05, 0.1) is 5.25 Å². The molecule has 1 unspecified atom stereocenters. The molecular formula is C21H25NO3S. The van der Waals surface area contributed by atoms with Crippen molar-refractivity contribution in [2.75, 3.05) is 13.1 Å². The Hall–Kier alpha value is -1.72. The molecule has 0 saturated carbocycles. The highest BCUT2D eigenvalue weighted by molar-refractivity contribution is 7.89. The Kier molecular flexibility index (Phi) is 4.40. The number of carbonyl (C=O) groups excluding carboxylic acids is 1. The van der Waals surface area contributed by atoms with Gasteiger partial charge in [0.1, 0.15) is 0 Å². The van der Waals surface area contributed by atoms with Crippen molar-refractivity contribution in [1.29, 1.82) is 0 Å². The molecule has 26 heavy (non-hydrogen) atoms. The van der Waals surface area contributed by atoms with Crippen molar-refractivity contribution in [2.24, 2.45) is 5.92 Å². The van der Waals surface area contributed by atoms with Gasteiger partial charge >= 0.3 is 0 Å². The number of piperidine rings is 1. The molecule has 2 aromatic rings. The minimum atomic E-state index is -3.31. The maximum atomic E-state index is 13.3. The third-order valence-corrected chi connectivity index (χ3v) is 8.10. The summed E-state index contributed by atoms with van der Waals surface area (Å²) in [5.74, 6) is -0.167. The van der Waals surface area contributed by atoms with Crippen LogP contribution >= 0.6 is 0 Å². The van der Waals surface area contributed by atoms with Crippen LogP contribution in [0, 0.1) is 5.92 Å². The van der Waals surface area contributed by atoms with Gasteiger partial charge in [-0.1, -0.05) is 30.3 Å². The molecule has 0 bridgehead atoms. The van der Waals surface area contributed by atoms with Crippen LogP contribution in [0.4, 0.5) is 0 Å². The fraction of sp³-hybridized carbons (Fsp3) is 0.476. The van der Waals surface area contributed by atoms with E-state index in [1.165, 1.54) is 20.8 Å². The summed E-state index contributed by atoms with van der Waals surface area (Å²) >= 11 is 0. The summed E-state index contributed by atoms with van der Waals surface area (Å²) in [6, 6.07) is 10.2. The Morgan fingerprint density at radius 1 is 1.12 bits per heavy atom. The minimum Gasteiger partial charge on any atom is -0.294 e. The normalized spacial score (nSPS) is 20.8. The smallest absolute Gasteiger partial charge is 0.216 e. The van der Waals surface area contributed by atoms with E-state index in [2.05, 4.69) is 12.1 Å². The lowest BCUT2D eigenvalue weighted by molar-refractivity contribution is 0.0874. The summed E-state index contributed by atoms with van der Waals surface area (Å²) < 4.78 is 26.5. The molecule has 138 valence electrons. The zero-order chi connectivity index (χ0) is 18.5. The predicted octanol–water partition coefficient (Wildman–Crippen LogP) is 3.57. The first-order valence-corrected chi connectivity index (χ1v) is 11.0. The van der Waals surface area contributed by atoms with Crippen molar-refractivity contribution >= 4 is 26.6 Å². The van der Waals surface area contributed by atoms with E-state index in [9.17, 15) is 13.2 Å². The van der Waals surface area contributed by atoms with Crippen molar-refractivity contribution in [3.63, 3.8) is 0 Å². The van der Waals surface area contributed by atoms with Crippen molar-refractivity contribution in [3.8, 4) is 0 Å². The summed E-state index contributed by atoms with van der Waals surface area (Å²) in [6.45, 7) is 4.23. The van der Waals surface area contributed by atoms with E-state index in [4.69, 9.17) is 0 Å². The number of benzene rings is 2. The topological polar surface area (TPSA) is 54.5 Å². The number of Topliss-reactive ketones (excluding diaryl/α,β-unsaturated/α-hetero) is 1. The van der Waals surface area contributed by atoms with Gasteiger partial charge in [-0.15, -0.1) is 0 Å². The summed E-state index contributed by atoms with van der Waals surface area (Å²) in [7, 11) is -3.31. The van der Waals surface area contributed by atoms with Crippen molar-refractivity contribution in [3.05, 3.63) is 47.0 Å². The third kappa shape index (κ3) is 2.78. The molecule has 1 aliphatic carbocycles. The Labute approximate surface area is 155 Å². The quantitative estimate of drug-likeness (QED) is 0.772. The second kappa shape index (κ2) is 6.46. The summed E-state index contributed by atoms with van der Waals surface area (Å²) in [5.41, 5.74) is 3.39. The van der Waals surface area contributed by atoms with Crippen LogP contribution in [-0.4, -0.2) is 36.8 Å². The maximum Gasteiger partial charge on any atom is 0.216 e. The molecular weight excluding hydrogens is 346 g/mol. The van der Waals surface area contributed by atoms with Crippen molar-refractivity contribution in [1.82, 2.24) is 4.31 Å². The average molecular weight is 372 g/mol. The zero-order valence-electron chi connectivity index (χ0n) is 15.4. The highest BCUT2D eigenvalue weighted by Gasteiger charge is 2.34. The number of hydrogen-bond donors (Lipinski definition) is 0. The van der Waals surface area contributed by atoms with Gasteiger partial charge < -0.3 is 0 Å². The number of aryl methyl sites for hydroxylation is 2. The molecule has 5 heteroatoms. The number of sulfonamides is 1. The fourth-order valence-corrected chi connectivity index (χ4v) is 5.73. The van der Waals surface area contributed by atoms with Gasteiger partial charge in [0.2, 0.25) is 10.0 Å². The van der Waals surface area contributed by atoms with Crippen LogP contribution in [0.25, 0.3) is 10.8 Å². The van der Waals surface area contributed by atoms with Gasteiger partial charge in [0, 0.05) is 24.6 Å². The van der Waals surface area contributed by atoms with Gasteiger partial charge in [-0.2, -0.15) is 0 Å². The molecule has 1 aliphatic heterocycles. The standard InChI is InChI=1S/C21H25NO3S/c1-14(2)26(24,25)22-12-4-6-17(13-22)21(23)19-11-10-16-9-8-15-5-3-7-18(19)20(15)16/h3,5,7,10-11,14,17H,4,6,8-9,12-13H2,1-2H3. The second-order valence-corrected chi connectivity index (χ2v) is 10.3. The molecule has 1 atom stereocenters. The van der Waals surface area contributed by atoms with E-state index in [1.54, 1.807) is 13.8 Å². The Morgan fingerprint density at radius 3 is 2.58 bits per heavy atom. The number of hydrogen-bond acceptors (Lipinski definition) is 3. The van der Waals surface area contributed by atoms with Gasteiger partial charge in [-0.3, -0.25) is 4.79 Å². The van der Waals surface area contributed by atoms with E-state index in [1.807, 2.05) is 18.2 Å². The summed E-state index contributed by atoms with van der Waals surface area (Å²) in [6.07, 6.45) is 3.57. The lowest BCUT2D eigenvalue weighted by Gasteiger charge is -2.32. The lowest BCUT2D eigenvalue weighted by atomic mass is 9.88. The van der Waals surface area contributed by atoms with Crippen molar-refractivity contribution < 1.29 is 13.2 Å². The first-order valence-electron chi connectivity index (χ1n) is 9.46. The molecule has 4 rings (SSSR count). The average Bonchev–Trinajstić information content (AvgIpc) is 3.06. The number of nitrogens with zero attached hydrogens (tertiary/aromatic N) is 1. The molecule has 1 saturated heterocycles. The molecule has 4 nitrogen and oxygen atoms in total. The van der Waals surface area contributed by atoms with Gasteiger partial charge in [0.15, 0.2) is 5.78 Å². The highest BCUT2D eigenvalue weighted by atomic mass is 32.2. The largest absolute Gasteiger partial charge is 0.294 e. The molecule has 0 spiro atoms. The summed E-state index contributed by atoms with van der Waals surface area (Å²) in [4.78, 5) is 13.3. The molecule has 2 aliphatic rings. The van der Waals surface area contributed by atoms with Crippen LogP contribution in [0.15, 0.2) is 30.3 Å². The first kappa shape index (κ1) is 17.7. The number of carbonyl (C=O) groups is 1. The molecule has 0 radical (unpaired) electrons. The summed E-state index contributed by atoms with van der Waals surface area (Å²) in [5, 5.41) is 1.82. The SMILES string of the molecule is CC(C)S(=O)(=O)N1CCCC(C(=O)c2ccc3c4c(cccc24)CC3)C1. The van der Waals surface area contributed by atoms with Gasteiger partial charge in [-0.05, 0) is 61.4 Å². The van der Waals surface area contributed by atoms with Crippen LogP contribution in [0.2, 0.25) is 0 Å². The van der Waals surface area contributed by atoms with E-state index >= 15 is 0 Å². The van der Waals surface area contributed by atoms with E-state index < -0.39 is 15.3 Å². The van der Waals surface area contributed by atoms with E-state index in [0.29, 0.717) is 13.1 Å². The third-order valence-electron chi connectivity index (χ3n) is 5.85. The molecule has 1 fully saturated rings. The molecule has 1 heterocycles. The predicted molar refractivity (Wildman–Crippen MR) is 104 cm³/mol. The minimum absolute atomic E-state index is 0.0873. The van der Waals surface area contributed by atoms with E-state index in [-0.39, 0.29) is 11.7 Å². The van der Waals surface area contributed by atoms with Crippen LogP contribution in [-0.2, 0) is 22.9 Å².